The zero-order chi connectivity index (χ0) is 15.1. The van der Waals surface area contributed by atoms with Crippen molar-refractivity contribution in [1.82, 2.24) is 4.90 Å². The van der Waals surface area contributed by atoms with E-state index in [0.717, 1.165) is 18.5 Å². The summed E-state index contributed by atoms with van der Waals surface area (Å²) < 4.78 is 0. The van der Waals surface area contributed by atoms with Gasteiger partial charge in [0.2, 0.25) is 5.91 Å². The lowest BCUT2D eigenvalue weighted by Crippen LogP contribution is -2.38. The average Bonchev–Trinajstić information content (AvgIpc) is 2.47. The average molecular weight is 276 g/mol. The molecule has 0 spiro atoms. The van der Waals surface area contributed by atoms with Crippen molar-refractivity contribution in [2.45, 2.75) is 33.1 Å². The zero-order valence-corrected chi connectivity index (χ0v) is 13.2. The van der Waals surface area contributed by atoms with Crippen LogP contribution in [-0.2, 0) is 4.79 Å². The largest absolute Gasteiger partial charge is 0.345 e. The molecular weight excluding hydrogens is 248 g/mol. The van der Waals surface area contributed by atoms with Crippen molar-refractivity contribution in [3.05, 3.63) is 35.9 Å². The molecule has 0 aliphatic rings. The maximum absolute atomic E-state index is 12.8. The van der Waals surface area contributed by atoms with Crippen LogP contribution >= 0.6 is 0 Å². The maximum atomic E-state index is 12.8. The van der Waals surface area contributed by atoms with Crippen molar-refractivity contribution >= 4 is 5.91 Å². The SMILES string of the molecule is CCC(C)C(C(=O)N(C)CC(C)CN)c1ccccc1. The second-order valence-corrected chi connectivity index (χ2v) is 5.83. The number of likely N-dealkylation sites (N-methyl/N-ethyl adjacent to an activating group) is 1. The van der Waals surface area contributed by atoms with Crippen LogP contribution in [0.3, 0.4) is 0 Å². The molecule has 0 aromatic heterocycles. The Morgan fingerprint density at radius 3 is 2.35 bits per heavy atom. The fourth-order valence-electron chi connectivity index (χ4n) is 2.48. The van der Waals surface area contributed by atoms with Crippen LogP contribution in [0.5, 0.6) is 0 Å². The van der Waals surface area contributed by atoms with E-state index < -0.39 is 0 Å². The predicted octanol–water partition coefficient (Wildman–Crippen LogP) is 2.87. The molecular formula is C17H28N2O. The second kappa shape index (κ2) is 8.05. The van der Waals surface area contributed by atoms with Crippen LogP contribution < -0.4 is 5.73 Å². The highest BCUT2D eigenvalue weighted by atomic mass is 16.2. The van der Waals surface area contributed by atoms with Crippen LogP contribution in [0.25, 0.3) is 0 Å². The Kier molecular flexibility index (Phi) is 6.73. The smallest absolute Gasteiger partial charge is 0.230 e. The van der Waals surface area contributed by atoms with Crippen molar-refractivity contribution in [2.24, 2.45) is 17.6 Å². The third-order valence-electron chi connectivity index (χ3n) is 4.00. The summed E-state index contributed by atoms with van der Waals surface area (Å²) >= 11 is 0. The van der Waals surface area contributed by atoms with Gasteiger partial charge >= 0.3 is 0 Å². The third kappa shape index (κ3) is 4.34. The van der Waals surface area contributed by atoms with Gasteiger partial charge in [-0.3, -0.25) is 4.79 Å². The minimum absolute atomic E-state index is 0.0591. The molecule has 112 valence electrons. The fourth-order valence-corrected chi connectivity index (χ4v) is 2.48. The monoisotopic (exact) mass is 276 g/mol. The van der Waals surface area contributed by atoms with Crippen LogP contribution in [0.1, 0.15) is 38.7 Å². The molecule has 1 rings (SSSR count). The number of carbonyl (C=O) groups is 1. The number of benzene rings is 1. The Morgan fingerprint density at radius 1 is 1.25 bits per heavy atom. The van der Waals surface area contributed by atoms with Crippen molar-refractivity contribution < 1.29 is 4.79 Å². The Hall–Kier alpha value is -1.35. The van der Waals surface area contributed by atoms with E-state index in [1.807, 2.05) is 30.1 Å². The molecule has 1 amide bonds. The summed E-state index contributed by atoms with van der Waals surface area (Å²) in [5, 5.41) is 0. The summed E-state index contributed by atoms with van der Waals surface area (Å²) in [5.74, 6) is 0.805. The first-order chi connectivity index (χ1) is 9.51. The van der Waals surface area contributed by atoms with Crippen LogP contribution in [0, 0.1) is 11.8 Å². The first kappa shape index (κ1) is 16.7. The van der Waals surface area contributed by atoms with Gasteiger partial charge in [0.25, 0.3) is 0 Å². The van der Waals surface area contributed by atoms with Crippen molar-refractivity contribution in [1.29, 1.82) is 0 Å². The molecule has 0 heterocycles. The molecule has 0 bridgehead atoms. The molecule has 20 heavy (non-hydrogen) atoms. The summed E-state index contributed by atoms with van der Waals surface area (Å²) in [5.41, 5.74) is 6.77. The standard InChI is InChI=1S/C17H28N2O/c1-5-14(3)16(15-9-7-6-8-10-15)17(20)19(4)12-13(2)11-18/h6-10,13-14,16H,5,11-12,18H2,1-4H3. The van der Waals surface area contributed by atoms with Gasteiger partial charge in [0.15, 0.2) is 0 Å². The first-order valence-corrected chi connectivity index (χ1v) is 7.51. The highest BCUT2D eigenvalue weighted by molar-refractivity contribution is 5.83. The van der Waals surface area contributed by atoms with E-state index in [1.165, 1.54) is 0 Å². The molecule has 3 atom stereocenters. The molecule has 3 nitrogen and oxygen atoms in total. The molecule has 3 heteroatoms. The number of rotatable bonds is 7. The number of carbonyl (C=O) groups excluding carboxylic acids is 1. The fraction of sp³-hybridized carbons (Fsp3) is 0.588. The highest BCUT2D eigenvalue weighted by Crippen LogP contribution is 2.28. The molecule has 0 fully saturated rings. The lowest BCUT2D eigenvalue weighted by Gasteiger charge is -2.29. The summed E-state index contributed by atoms with van der Waals surface area (Å²) in [6.07, 6.45) is 0.992. The van der Waals surface area contributed by atoms with Gasteiger partial charge in [-0.1, -0.05) is 57.5 Å². The number of amides is 1. The molecule has 1 aromatic carbocycles. The van der Waals surface area contributed by atoms with Gasteiger partial charge in [0.1, 0.15) is 0 Å². The van der Waals surface area contributed by atoms with Crippen LogP contribution in [0.2, 0.25) is 0 Å². The lowest BCUT2D eigenvalue weighted by atomic mass is 9.84. The van der Waals surface area contributed by atoms with Gasteiger partial charge in [-0.25, -0.2) is 0 Å². The number of nitrogens with zero attached hydrogens (tertiary/aromatic N) is 1. The molecule has 3 unspecified atom stereocenters. The molecule has 1 aromatic rings. The molecule has 0 aliphatic heterocycles. The van der Waals surface area contributed by atoms with E-state index in [9.17, 15) is 4.79 Å². The second-order valence-electron chi connectivity index (χ2n) is 5.83. The maximum Gasteiger partial charge on any atom is 0.230 e. The lowest BCUT2D eigenvalue weighted by molar-refractivity contribution is -0.133. The summed E-state index contributed by atoms with van der Waals surface area (Å²) in [6, 6.07) is 10.1. The normalized spacial score (nSPS) is 15.4. The van der Waals surface area contributed by atoms with Gasteiger partial charge in [-0.05, 0) is 23.9 Å². The number of hydrogen-bond donors (Lipinski definition) is 1. The molecule has 0 saturated carbocycles. The van der Waals surface area contributed by atoms with Crippen molar-refractivity contribution in [2.75, 3.05) is 20.1 Å². The number of nitrogens with two attached hydrogens (primary N) is 1. The number of hydrogen-bond acceptors (Lipinski definition) is 2. The van der Waals surface area contributed by atoms with Crippen LogP contribution in [-0.4, -0.2) is 30.9 Å². The van der Waals surface area contributed by atoms with E-state index in [0.29, 0.717) is 18.4 Å². The van der Waals surface area contributed by atoms with Gasteiger partial charge < -0.3 is 10.6 Å². The van der Waals surface area contributed by atoms with Crippen LogP contribution in [0.4, 0.5) is 0 Å². The molecule has 0 saturated heterocycles. The quantitative estimate of drug-likeness (QED) is 0.832. The molecule has 0 radical (unpaired) electrons. The Labute approximate surface area is 123 Å². The first-order valence-electron chi connectivity index (χ1n) is 7.51. The van der Waals surface area contributed by atoms with Crippen molar-refractivity contribution in [3.63, 3.8) is 0 Å². The zero-order valence-electron chi connectivity index (χ0n) is 13.2. The Bertz CT molecular complexity index is 405. The summed E-state index contributed by atoms with van der Waals surface area (Å²) in [6.45, 7) is 7.68. The Morgan fingerprint density at radius 2 is 1.85 bits per heavy atom. The summed E-state index contributed by atoms with van der Waals surface area (Å²) in [4.78, 5) is 14.6. The molecule has 0 aliphatic carbocycles. The van der Waals surface area contributed by atoms with E-state index in [-0.39, 0.29) is 11.8 Å². The van der Waals surface area contributed by atoms with Gasteiger partial charge in [0.05, 0.1) is 5.92 Å². The highest BCUT2D eigenvalue weighted by Gasteiger charge is 2.28. The minimum Gasteiger partial charge on any atom is -0.345 e. The summed E-state index contributed by atoms with van der Waals surface area (Å²) in [7, 11) is 1.88. The predicted molar refractivity (Wildman–Crippen MR) is 84.5 cm³/mol. The van der Waals surface area contributed by atoms with Gasteiger partial charge in [0, 0.05) is 13.6 Å². The van der Waals surface area contributed by atoms with Gasteiger partial charge in [-0.2, -0.15) is 0 Å². The Balaban J connectivity index is 2.91. The molecule has 2 N–H and O–H groups in total. The van der Waals surface area contributed by atoms with E-state index in [4.69, 9.17) is 5.73 Å². The third-order valence-corrected chi connectivity index (χ3v) is 4.00. The topological polar surface area (TPSA) is 46.3 Å². The van der Waals surface area contributed by atoms with Gasteiger partial charge in [-0.15, -0.1) is 0 Å². The van der Waals surface area contributed by atoms with Crippen LogP contribution in [0.15, 0.2) is 30.3 Å². The van der Waals surface area contributed by atoms with Crippen molar-refractivity contribution in [3.8, 4) is 0 Å². The van der Waals surface area contributed by atoms with E-state index >= 15 is 0 Å². The minimum atomic E-state index is -0.0591. The van der Waals surface area contributed by atoms with E-state index in [1.54, 1.807) is 0 Å². The van der Waals surface area contributed by atoms with E-state index in [2.05, 4.69) is 32.9 Å².